The summed E-state index contributed by atoms with van der Waals surface area (Å²) in [4.78, 5) is 41.2. The first-order valence-electron chi connectivity index (χ1n) is 10.6. The van der Waals surface area contributed by atoms with E-state index >= 15 is 0 Å². The molecular weight excluding hydrogens is 609 g/mol. The molecule has 3 aromatic rings. The molecule has 38 heavy (non-hydrogen) atoms. The summed E-state index contributed by atoms with van der Waals surface area (Å²) in [6.07, 6.45) is 5.68. The lowest BCUT2D eigenvalue weighted by Crippen LogP contribution is -1.93. The minimum absolute atomic E-state index is 0.0120. The first kappa shape index (κ1) is 31.4. The van der Waals surface area contributed by atoms with Crippen molar-refractivity contribution in [3.05, 3.63) is 120 Å². The molecule has 0 fully saturated rings. The van der Waals surface area contributed by atoms with Gasteiger partial charge in [0.1, 0.15) is 0 Å². The van der Waals surface area contributed by atoms with Crippen LogP contribution in [-0.4, -0.2) is 36.0 Å². The van der Waals surface area contributed by atoms with Crippen LogP contribution in [0.5, 0.6) is 0 Å². The predicted molar refractivity (Wildman–Crippen MR) is 152 cm³/mol. The molecule has 0 heterocycles. The van der Waals surface area contributed by atoms with Crippen molar-refractivity contribution in [2.75, 3.05) is 20.0 Å². The van der Waals surface area contributed by atoms with Gasteiger partial charge in [-0.3, -0.25) is 20.2 Å². The number of carbonyl (C=O) groups excluding carboxylic acids is 2. The summed E-state index contributed by atoms with van der Waals surface area (Å²) in [5.41, 5.74) is 7.81. The van der Waals surface area contributed by atoms with Gasteiger partial charge >= 0.3 is 11.9 Å². The van der Waals surface area contributed by atoms with E-state index in [1.54, 1.807) is 36.4 Å². The number of esters is 2. The molecule has 0 spiro atoms. The van der Waals surface area contributed by atoms with Gasteiger partial charge in [0.15, 0.2) is 0 Å². The molecule has 12 heteroatoms. The largest absolute Gasteiger partial charge is 0.466 e. The van der Waals surface area contributed by atoms with Crippen LogP contribution in [0.2, 0.25) is 0 Å². The Morgan fingerprint density at radius 2 is 1.21 bits per heavy atom. The van der Waals surface area contributed by atoms with Crippen molar-refractivity contribution in [1.29, 1.82) is 0 Å². The quantitative estimate of drug-likeness (QED) is 0.0930. The zero-order valence-electron chi connectivity index (χ0n) is 20.4. The number of nitro groups is 2. The molecule has 0 aliphatic carbocycles. The molecule has 0 amide bonds. The Kier molecular flexibility index (Phi) is 14.0. The van der Waals surface area contributed by atoms with E-state index in [0.29, 0.717) is 11.3 Å². The lowest BCUT2D eigenvalue weighted by Gasteiger charge is -1.95. The SMILES string of the molecule is COC(=O)/C=C/c1cccc(N)c1.COC(=O)/C=C/c1cccc([N+](=O)[O-])c1.O=[N+]([O-])c1cccc(I)c1. The van der Waals surface area contributed by atoms with E-state index in [2.05, 4.69) is 9.47 Å². The minimum Gasteiger partial charge on any atom is -0.466 e. The van der Waals surface area contributed by atoms with E-state index in [4.69, 9.17) is 5.73 Å². The monoisotopic (exact) mass is 633 g/mol. The third kappa shape index (κ3) is 12.9. The van der Waals surface area contributed by atoms with Crippen LogP contribution in [0.25, 0.3) is 12.2 Å². The number of halogens is 1. The van der Waals surface area contributed by atoms with Crippen LogP contribution in [-0.2, 0) is 19.1 Å². The molecule has 0 aliphatic rings. The predicted octanol–water partition coefficient (Wildman–Crippen LogP) is 5.44. The fraction of sp³-hybridized carbons (Fsp3) is 0.0769. The van der Waals surface area contributed by atoms with Gasteiger partial charge in [-0.25, -0.2) is 9.59 Å². The number of nitro benzene ring substituents is 2. The zero-order chi connectivity index (χ0) is 28.5. The first-order chi connectivity index (χ1) is 18.0. The maximum absolute atomic E-state index is 10.8. The Labute approximate surface area is 232 Å². The highest BCUT2D eigenvalue weighted by atomic mass is 127. The number of nitrogens with two attached hydrogens (primary N) is 1. The summed E-state index contributed by atoms with van der Waals surface area (Å²) >= 11 is 2.03. The molecule has 198 valence electrons. The number of non-ortho nitro benzene ring substituents is 2. The molecular formula is C26H24IN3O8. The van der Waals surface area contributed by atoms with Gasteiger partial charge in [0.25, 0.3) is 11.4 Å². The summed E-state index contributed by atoms with van der Waals surface area (Å²) in [5.74, 6) is -0.871. The Bertz CT molecular complexity index is 1330. The fourth-order valence-electron chi connectivity index (χ4n) is 2.46. The average Bonchev–Trinajstić information content (AvgIpc) is 2.91. The molecule has 3 aromatic carbocycles. The highest BCUT2D eigenvalue weighted by Crippen LogP contribution is 2.15. The molecule has 0 aromatic heterocycles. The molecule has 0 aliphatic heterocycles. The van der Waals surface area contributed by atoms with E-state index in [-0.39, 0.29) is 17.3 Å². The normalized spacial score (nSPS) is 9.97. The van der Waals surface area contributed by atoms with Gasteiger partial charge in [0.2, 0.25) is 0 Å². The summed E-state index contributed by atoms with van der Waals surface area (Å²) < 4.78 is 9.72. The lowest BCUT2D eigenvalue weighted by atomic mass is 10.2. The number of hydrogen-bond donors (Lipinski definition) is 1. The maximum Gasteiger partial charge on any atom is 0.330 e. The zero-order valence-corrected chi connectivity index (χ0v) is 22.5. The summed E-state index contributed by atoms with van der Waals surface area (Å²) in [5, 5.41) is 20.6. The van der Waals surface area contributed by atoms with Crippen LogP contribution in [0.3, 0.4) is 0 Å². The van der Waals surface area contributed by atoms with Crippen LogP contribution < -0.4 is 5.73 Å². The van der Waals surface area contributed by atoms with Crippen molar-refractivity contribution in [2.45, 2.75) is 0 Å². The number of ether oxygens (including phenoxy) is 2. The van der Waals surface area contributed by atoms with E-state index in [1.807, 2.05) is 40.8 Å². The van der Waals surface area contributed by atoms with Gasteiger partial charge < -0.3 is 15.2 Å². The third-order valence-corrected chi connectivity index (χ3v) is 4.91. The van der Waals surface area contributed by atoms with Gasteiger partial charge in [-0.2, -0.15) is 0 Å². The minimum atomic E-state index is -0.499. The smallest absolute Gasteiger partial charge is 0.330 e. The lowest BCUT2D eigenvalue weighted by molar-refractivity contribution is -0.385. The second-order valence-electron chi connectivity index (χ2n) is 6.97. The standard InChI is InChI=1S/C10H9NO4.C10H11NO2.C6H4INO2/c1-15-10(12)6-5-8-3-2-4-9(7-8)11(13)14;1-13-10(12)6-5-8-3-2-4-9(11)7-8;7-5-2-1-3-6(4-5)8(9)10/h2-7H,1H3;2-7H,11H2,1H3;1-4H/b2*6-5+;. The van der Waals surface area contributed by atoms with Crippen molar-refractivity contribution < 1.29 is 28.9 Å². The number of carbonyl (C=O) groups is 2. The highest BCUT2D eigenvalue weighted by molar-refractivity contribution is 14.1. The average molecular weight is 633 g/mol. The molecule has 0 radical (unpaired) electrons. The van der Waals surface area contributed by atoms with Gasteiger partial charge in [-0.1, -0.05) is 30.3 Å². The van der Waals surface area contributed by atoms with Gasteiger partial charge in [0, 0.05) is 45.7 Å². The van der Waals surface area contributed by atoms with Crippen LogP contribution in [0.15, 0.2) is 84.9 Å². The second-order valence-corrected chi connectivity index (χ2v) is 8.22. The van der Waals surface area contributed by atoms with Crippen molar-refractivity contribution in [2.24, 2.45) is 0 Å². The molecule has 0 saturated carbocycles. The molecule has 2 N–H and O–H groups in total. The number of methoxy groups -OCH3 is 2. The molecule has 0 bridgehead atoms. The highest BCUT2D eigenvalue weighted by Gasteiger charge is 2.04. The van der Waals surface area contributed by atoms with E-state index in [1.165, 1.54) is 56.7 Å². The topological polar surface area (TPSA) is 165 Å². The van der Waals surface area contributed by atoms with Crippen molar-refractivity contribution >= 4 is 63.7 Å². The number of nitrogens with zero attached hydrogens (tertiary/aromatic N) is 2. The summed E-state index contributed by atoms with van der Waals surface area (Å²) in [7, 11) is 2.60. The van der Waals surface area contributed by atoms with E-state index < -0.39 is 15.8 Å². The molecule has 0 saturated heterocycles. The fourth-order valence-corrected chi connectivity index (χ4v) is 2.99. The number of anilines is 1. The third-order valence-electron chi connectivity index (χ3n) is 4.24. The number of benzene rings is 3. The van der Waals surface area contributed by atoms with E-state index in [0.717, 1.165) is 9.13 Å². The van der Waals surface area contributed by atoms with Gasteiger partial charge in [-0.15, -0.1) is 0 Å². The van der Waals surface area contributed by atoms with Crippen molar-refractivity contribution in [3.63, 3.8) is 0 Å². The van der Waals surface area contributed by atoms with E-state index in [9.17, 15) is 29.8 Å². The van der Waals surface area contributed by atoms with Gasteiger partial charge in [-0.05, 0) is 64.1 Å². The molecule has 11 nitrogen and oxygen atoms in total. The Balaban J connectivity index is 0.000000291. The summed E-state index contributed by atoms with van der Waals surface area (Å²) in [6, 6.07) is 19.7. The molecule has 0 atom stereocenters. The van der Waals surface area contributed by atoms with Crippen LogP contribution in [0.4, 0.5) is 17.1 Å². The Morgan fingerprint density at radius 1 is 0.763 bits per heavy atom. The summed E-state index contributed by atoms with van der Waals surface area (Å²) in [6.45, 7) is 0. The molecule has 3 rings (SSSR count). The Hall–Kier alpha value is -4.59. The van der Waals surface area contributed by atoms with Gasteiger partial charge in [0.05, 0.1) is 24.1 Å². The van der Waals surface area contributed by atoms with Crippen LogP contribution >= 0.6 is 22.6 Å². The number of nitrogen functional groups attached to an aromatic ring is 1. The number of hydrogen-bond acceptors (Lipinski definition) is 9. The number of rotatable bonds is 6. The van der Waals surface area contributed by atoms with Crippen molar-refractivity contribution in [1.82, 2.24) is 0 Å². The molecule has 0 unspecified atom stereocenters. The van der Waals surface area contributed by atoms with Crippen LogP contribution in [0, 0.1) is 23.8 Å². The second kappa shape index (κ2) is 17.0. The van der Waals surface area contributed by atoms with Crippen LogP contribution in [0.1, 0.15) is 11.1 Å². The van der Waals surface area contributed by atoms with Crippen molar-refractivity contribution in [3.8, 4) is 0 Å². The first-order valence-corrected chi connectivity index (χ1v) is 11.7. The Morgan fingerprint density at radius 3 is 1.63 bits per heavy atom. The maximum atomic E-state index is 10.8.